The van der Waals surface area contributed by atoms with Crippen LogP contribution in [0.2, 0.25) is 0 Å². The van der Waals surface area contributed by atoms with Gasteiger partial charge in [0.1, 0.15) is 4.88 Å². The minimum atomic E-state index is -0.685. The lowest BCUT2D eigenvalue weighted by Gasteiger charge is -2.19. The van der Waals surface area contributed by atoms with Crippen LogP contribution in [-0.2, 0) is 11.2 Å². The van der Waals surface area contributed by atoms with Gasteiger partial charge in [-0.15, -0.1) is 11.3 Å². The second-order valence-electron chi connectivity index (χ2n) is 5.08. The van der Waals surface area contributed by atoms with Crippen LogP contribution in [0, 0.1) is 0 Å². The van der Waals surface area contributed by atoms with Gasteiger partial charge in [-0.1, -0.05) is 30.3 Å². The van der Waals surface area contributed by atoms with Gasteiger partial charge in [-0.2, -0.15) is 0 Å². The summed E-state index contributed by atoms with van der Waals surface area (Å²) < 4.78 is 4.86. The summed E-state index contributed by atoms with van der Waals surface area (Å²) in [5, 5.41) is 10.6. The largest absolute Gasteiger partial charge is 0.389 e. The van der Waals surface area contributed by atoms with E-state index in [0.29, 0.717) is 4.88 Å². The number of aromatic nitrogens is 1. The van der Waals surface area contributed by atoms with Gasteiger partial charge in [0.15, 0.2) is 0 Å². The summed E-state index contributed by atoms with van der Waals surface area (Å²) in [4.78, 5) is 18.7. The van der Waals surface area contributed by atoms with E-state index >= 15 is 0 Å². The second kappa shape index (κ2) is 8.03. The van der Waals surface area contributed by atoms with E-state index in [9.17, 15) is 9.90 Å². The summed E-state index contributed by atoms with van der Waals surface area (Å²) in [7, 11) is 3.18. The van der Waals surface area contributed by atoms with Crippen molar-refractivity contribution in [2.75, 3.05) is 27.3 Å². The molecule has 0 aliphatic rings. The summed E-state index contributed by atoms with van der Waals surface area (Å²) in [5.41, 5.74) is 1.17. The van der Waals surface area contributed by atoms with Gasteiger partial charge in [0.05, 0.1) is 23.9 Å². The lowest BCUT2D eigenvalue weighted by atomic mass is 10.2. The first-order valence-corrected chi connectivity index (χ1v) is 7.83. The number of hydrogen-bond acceptors (Lipinski definition) is 5. The number of carbonyl (C=O) groups excluding carboxylic acids is 1. The van der Waals surface area contributed by atoms with Crippen molar-refractivity contribution in [3.63, 3.8) is 0 Å². The van der Waals surface area contributed by atoms with Crippen LogP contribution in [0.15, 0.2) is 36.5 Å². The van der Waals surface area contributed by atoms with Gasteiger partial charge in [-0.3, -0.25) is 4.79 Å². The van der Waals surface area contributed by atoms with E-state index in [0.717, 1.165) is 11.4 Å². The zero-order valence-corrected chi connectivity index (χ0v) is 13.5. The van der Waals surface area contributed by atoms with E-state index in [1.807, 2.05) is 30.3 Å². The molecule has 1 aromatic heterocycles. The average Bonchev–Trinajstić information content (AvgIpc) is 2.96. The zero-order valence-electron chi connectivity index (χ0n) is 12.7. The van der Waals surface area contributed by atoms with E-state index in [1.165, 1.54) is 28.9 Å². The molecule has 1 atom stereocenters. The quantitative estimate of drug-likeness (QED) is 0.845. The zero-order chi connectivity index (χ0) is 15.9. The monoisotopic (exact) mass is 320 g/mol. The highest BCUT2D eigenvalue weighted by molar-refractivity contribution is 7.13. The predicted molar refractivity (Wildman–Crippen MR) is 86.2 cm³/mol. The fourth-order valence-corrected chi connectivity index (χ4v) is 3.04. The Balaban J connectivity index is 1.96. The van der Waals surface area contributed by atoms with Crippen molar-refractivity contribution in [1.82, 2.24) is 9.88 Å². The first-order chi connectivity index (χ1) is 10.6. The van der Waals surface area contributed by atoms with Gasteiger partial charge in [0, 0.05) is 27.1 Å². The normalized spacial score (nSPS) is 12.1. The molecule has 0 saturated carbocycles. The lowest BCUT2D eigenvalue weighted by molar-refractivity contribution is 0.0382. The molecule has 0 aliphatic heterocycles. The number of carbonyl (C=O) groups is 1. The SMILES string of the molecule is COCC(O)CN(C)C(=O)c1cnc(Cc2ccccc2)s1. The van der Waals surface area contributed by atoms with Crippen molar-refractivity contribution >= 4 is 17.2 Å². The van der Waals surface area contributed by atoms with Gasteiger partial charge in [0.2, 0.25) is 0 Å². The Kier molecular flexibility index (Phi) is 6.06. The molecule has 22 heavy (non-hydrogen) atoms. The minimum Gasteiger partial charge on any atom is -0.389 e. The number of amides is 1. The first-order valence-electron chi connectivity index (χ1n) is 7.01. The lowest BCUT2D eigenvalue weighted by Crippen LogP contribution is -2.35. The third kappa shape index (κ3) is 4.62. The maximum absolute atomic E-state index is 12.3. The minimum absolute atomic E-state index is 0.132. The van der Waals surface area contributed by atoms with Gasteiger partial charge >= 0.3 is 0 Å². The number of rotatable bonds is 7. The molecule has 0 saturated heterocycles. The molecule has 118 valence electrons. The molecule has 0 radical (unpaired) electrons. The van der Waals surface area contributed by atoms with Crippen molar-refractivity contribution in [1.29, 1.82) is 0 Å². The number of aliphatic hydroxyl groups is 1. The summed E-state index contributed by atoms with van der Waals surface area (Å²) in [5.74, 6) is -0.132. The summed E-state index contributed by atoms with van der Waals surface area (Å²) >= 11 is 1.39. The first kappa shape index (κ1) is 16.6. The molecule has 1 heterocycles. The number of nitrogens with zero attached hydrogens (tertiary/aromatic N) is 2. The van der Waals surface area contributed by atoms with Gasteiger partial charge < -0.3 is 14.7 Å². The predicted octanol–water partition coefficient (Wildman–Crippen LogP) is 1.81. The smallest absolute Gasteiger partial charge is 0.265 e. The maximum atomic E-state index is 12.3. The van der Waals surface area contributed by atoms with Crippen molar-refractivity contribution in [3.05, 3.63) is 52.0 Å². The molecule has 1 amide bonds. The molecule has 1 N–H and O–H groups in total. The summed E-state index contributed by atoms with van der Waals surface area (Å²) in [6.45, 7) is 0.443. The number of aliphatic hydroxyl groups excluding tert-OH is 1. The van der Waals surface area contributed by atoms with E-state index in [2.05, 4.69) is 4.98 Å². The number of likely N-dealkylation sites (N-methyl/N-ethyl adjacent to an activating group) is 1. The van der Waals surface area contributed by atoms with Crippen molar-refractivity contribution in [2.24, 2.45) is 0 Å². The summed E-state index contributed by atoms with van der Waals surface area (Å²) in [6.07, 6.45) is 1.63. The highest BCUT2D eigenvalue weighted by Crippen LogP contribution is 2.18. The Morgan fingerprint density at radius 2 is 2.14 bits per heavy atom. The molecular weight excluding hydrogens is 300 g/mol. The Morgan fingerprint density at radius 1 is 1.41 bits per heavy atom. The number of ether oxygens (including phenoxy) is 1. The number of methoxy groups -OCH3 is 1. The molecule has 0 bridgehead atoms. The van der Waals surface area contributed by atoms with E-state index < -0.39 is 6.10 Å². The topological polar surface area (TPSA) is 62.7 Å². The molecular formula is C16H20N2O3S. The highest BCUT2D eigenvalue weighted by Gasteiger charge is 2.18. The van der Waals surface area contributed by atoms with Crippen LogP contribution < -0.4 is 0 Å². The molecule has 0 fully saturated rings. The molecule has 0 aliphatic carbocycles. The van der Waals surface area contributed by atoms with E-state index in [4.69, 9.17) is 4.74 Å². The van der Waals surface area contributed by atoms with E-state index in [-0.39, 0.29) is 19.1 Å². The fourth-order valence-electron chi connectivity index (χ4n) is 2.09. The standard InChI is InChI=1S/C16H20N2O3S/c1-18(10-13(19)11-21-2)16(20)14-9-17-15(22-14)8-12-6-4-3-5-7-12/h3-7,9,13,19H,8,10-11H2,1-2H3. The number of thiazole rings is 1. The maximum Gasteiger partial charge on any atom is 0.265 e. The molecule has 1 aromatic carbocycles. The third-order valence-corrected chi connectivity index (χ3v) is 4.14. The Labute approximate surface area is 134 Å². The fraction of sp³-hybridized carbons (Fsp3) is 0.375. The molecule has 1 unspecified atom stereocenters. The van der Waals surface area contributed by atoms with E-state index in [1.54, 1.807) is 13.2 Å². The van der Waals surface area contributed by atoms with Crippen LogP contribution >= 0.6 is 11.3 Å². The Bertz CT molecular complexity index is 600. The number of hydrogen-bond donors (Lipinski definition) is 1. The van der Waals surface area contributed by atoms with Gasteiger partial charge in [0.25, 0.3) is 5.91 Å². The van der Waals surface area contributed by atoms with Crippen molar-refractivity contribution in [2.45, 2.75) is 12.5 Å². The van der Waals surface area contributed by atoms with Crippen LogP contribution in [0.5, 0.6) is 0 Å². The van der Waals surface area contributed by atoms with Crippen LogP contribution in [0.25, 0.3) is 0 Å². The van der Waals surface area contributed by atoms with Crippen LogP contribution in [0.4, 0.5) is 0 Å². The molecule has 6 heteroatoms. The van der Waals surface area contributed by atoms with Crippen molar-refractivity contribution < 1.29 is 14.6 Å². The van der Waals surface area contributed by atoms with Crippen LogP contribution in [0.1, 0.15) is 20.2 Å². The highest BCUT2D eigenvalue weighted by atomic mass is 32.1. The number of benzene rings is 1. The molecule has 2 rings (SSSR count). The Morgan fingerprint density at radius 3 is 2.82 bits per heavy atom. The second-order valence-corrected chi connectivity index (χ2v) is 6.19. The molecule has 5 nitrogen and oxygen atoms in total. The Hall–Kier alpha value is -1.76. The van der Waals surface area contributed by atoms with Crippen molar-refractivity contribution in [3.8, 4) is 0 Å². The molecule has 2 aromatic rings. The van der Waals surface area contributed by atoms with Crippen LogP contribution in [0.3, 0.4) is 0 Å². The average molecular weight is 320 g/mol. The van der Waals surface area contributed by atoms with Crippen LogP contribution in [-0.4, -0.2) is 54.3 Å². The van der Waals surface area contributed by atoms with Gasteiger partial charge in [-0.25, -0.2) is 4.98 Å². The molecule has 0 spiro atoms. The summed E-state index contributed by atoms with van der Waals surface area (Å²) in [6, 6.07) is 10.0. The van der Waals surface area contributed by atoms with Gasteiger partial charge in [-0.05, 0) is 5.56 Å². The third-order valence-electron chi connectivity index (χ3n) is 3.15.